The fourth-order valence-corrected chi connectivity index (χ4v) is 3.13. The predicted molar refractivity (Wildman–Crippen MR) is 98.9 cm³/mol. The fourth-order valence-electron chi connectivity index (χ4n) is 2.76. The lowest BCUT2D eigenvalue weighted by molar-refractivity contribution is 0.0729. The topological polar surface area (TPSA) is 38.8 Å². The minimum Gasteiger partial charge on any atom is -0.497 e. The normalized spacial score (nSPS) is 13.4. The summed E-state index contributed by atoms with van der Waals surface area (Å²) >= 11 is 12.3. The Bertz CT molecular complexity index is 790. The molecule has 6 heteroatoms. The minimum atomic E-state index is -0.125. The lowest BCUT2D eigenvalue weighted by Gasteiger charge is -2.24. The third-order valence-corrected chi connectivity index (χ3v) is 4.80. The molecule has 0 saturated heterocycles. The van der Waals surface area contributed by atoms with Gasteiger partial charge >= 0.3 is 0 Å². The van der Waals surface area contributed by atoms with E-state index in [2.05, 4.69) is 0 Å². The average Bonchev–Trinajstić information content (AvgIpc) is 3.45. The van der Waals surface area contributed by atoms with Crippen molar-refractivity contribution in [1.82, 2.24) is 4.90 Å². The van der Waals surface area contributed by atoms with Crippen LogP contribution in [0.5, 0.6) is 11.5 Å². The number of carbonyl (C=O) groups excluding carboxylic acids is 1. The van der Waals surface area contributed by atoms with Crippen LogP contribution >= 0.6 is 23.2 Å². The third kappa shape index (κ3) is 4.02. The van der Waals surface area contributed by atoms with Gasteiger partial charge in [-0.05, 0) is 49.2 Å². The molecule has 0 spiro atoms. The van der Waals surface area contributed by atoms with Gasteiger partial charge in [-0.2, -0.15) is 0 Å². The van der Waals surface area contributed by atoms with Crippen LogP contribution in [0.4, 0.5) is 0 Å². The van der Waals surface area contributed by atoms with Crippen molar-refractivity contribution in [1.29, 1.82) is 0 Å². The maximum Gasteiger partial charge on any atom is 0.255 e. The number of carbonyl (C=O) groups is 1. The molecule has 2 aromatic carbocycles. The molecule has 25 heavy (non-hydrogen) atoms. The molecule has 0 aliphatic heterocycles. The molecule has 1 fully saturated rings. The number of halogens is 2. The Kier molecular flexibility index (Phi) is 5.40. The molecule has 3 rings (SSSR count). The van der Waals surface area contributed by atoms with Crippen LogP contribution in [0.3, 0.4) is 0 Å². The monoisotopic (exact) mass is 379 g/mol. The summed E-state index contributed by atoms with van der Waals surface area (Å²) in [6.45, 7) is 0.423. The van der Waals surface area contributed by atoms with Gasteiger partial charge in [-0.3, -0.25) is 4.79 Å². The molecule has 0 bridgehead atoms. The Labute approximate surface area is 157 Å². The highest BCUT2D eigenvalue weighted by atomic mass is 35.5. The van der Waals surface area contributed by atoms with Crippen molar-refractivity contribution in [3.05, 3.63) is 57.6 Å². The molecule has 1 amide bonds. The van der Waals surface area contributed by atoms with Gasteiger partial charge in [0.25, 0.3) is 5.91 Å². The summed E-state index contributed by atoms with van der Waals surface area (Å²) in [4.78, 5) is 14.9. The van der Waals surface area contributed by atoms with Crippen molar-refractivity contribution >= 4 is 29.1 Å². The predicted octanol–water partition coefficient (Wildman–Crippen LogP) is 4.82. The Morgan fingerprint density at radius 1 is 1.12 bits per heavy atom. The summed E-state index contributed by atoms with van der Waals surface area (Å²) in [6, 6.07) is 10.7. The lowest BCUT2D eigenvalue weighted by atomic mass is 10.1. The zero-order chi connectivity index (χ0) is 18.0. The van der Waals surface area contributed by atoms with Gasteiger partial charge in [0.1, 0.15) is 11.5 Å². The van der Waals surface area contributed by atoms with Crippen LogP contribution in [0.25, 0.3) is 0 Å². The molecule has 2 aromatic rings. The largest absolute Gasteiger partial charge is 0.497 e. The van der Waals surface area contributed by atoms with Gasteiger partial charge in [-0.25, -0.2) is 0 Å². The van der Waals surface area contributed by atoms with E-state index in [1.807, 2.05) is 23.1 Å². The second-order valence-electron chi connectivity index (χ2n) is 5.97. The maximum atomic E-state index is 13.1. The van der Waals surface area contributed by atoms with Gasteiger partial charge in [0.05, 0.1) is 31.4 Å². The molecule has 4 nitrogen and oxygen atoms in total. The molecule has 0 N–H and O–H groups in total. The van der Waals surface area contributed by atoms with Gasteiger partial charge in [-0.1, -0.05) is 23.2 Å². The second kappa shape index (κ2) is 7.54. The van der Waals surface area contributed by atoms with Crippen molar-refractivity contribution in [3.63, 3.8) is 0 Å². The van der Waals surface area contributed by atoms with Crippen molar-refractivity contribution < 1.29 is 14.3 Å². The van der Waals surface area contributed by atoms with Crippen molar-refractivity contribution in [3.8, 4) is 11.5 Å². The van der Waals surface area contributed by atoms with E-state index in [0.29, 0.717) is 22.2 Å². The Morgan fingerprint density at radius 2 is 1.88 bits per heavy atom. The van der Waals surface area contributed by atoms with E-state index in [9.17, 15) is 4.79 Å². The van der Waals surface area contributed by atoms with Gasteiger partial charge in [0.15, 0.2) is 0 Å². The summed E-state index contributed by atoms with van der Waals surface area (Å²) in [5, 5.41) is 0.889. The summed E-state index contributed by atoms with van der Waals surface area (Å²) in [7, 11) is 3.23. The zero-order valence-electron chi connectivity index (χ0n) is 14.1. The van der Waals surface area contributed by atoms with Crippen LogP contribution in [0.2, 0.25) is 10.0 Å². The highest BCUT2D eigenvalue weighted by Gasteiger charge is 2.34. The molecule has 1 aliphatic rings. The van der Waals surface area contributed by atoms with Crippen LogP contribution < -0.4 is 9.47 Å². The van der Waals surface area contributed by atoms with E-state index >= 15 is 0 Å². The van der Waals surface area contributed by atoms with Crippen LogP contribution in [0.1, 0.15) is 28.8 Å². The first-order chi connectivity index (χ1) is 12.0. The van der Waals surface area contributed by atoms with Crippen molar-refractivity contribution in [2.24, 2.45) is 0 Å². The van der Waals surface area contributed by atoms with Gasteiger partial charge in [0, 0.05) is 16.6 Å². The van der Waals surface area contributed by atoms with Crippen LogP contribution in [0, 0.1) is 0 Å². The summed E-state index contributed by atoms with van der Waals surface area (Å²) in [6.07, 6.45) is 1.96. The van der Waals surface area contributed by atoms with E-state index < -0.39 is 0 Å². The Morgan fingerprint density at radius 3 is 2.52 bits per heavy atom. The highest BCUT2D eigenvalue weighted by Crippen LogP contribution is 2.34. The SMILES string of the molecule is COc1ccc(OC)c(CN(C(=O)c2cc(Cl)ccc2Cl)C2CC2)c1. The first-order valence-electron chi connectivity index (χ1n) is 8.00. The number of amides is 1. The summed E-state index contributed by atoms with van der Waals surface area (Å²) in [5.41, 5.74) is 1.31. The molecule has 132 valence electrons. The molecule has 0 atom stereocenters. The van der Waals surface area contributed by atoms with Crippen LogP contribution in [0.15, 0.2) is 36.4 Å². The van der Waals surface area contributed by atoms with E-state index in [-0.39, 0.29) is 11.9 Å². The fraction of sp³-hybridized carbons (Fsp3) is 0.316. The molecular formula is C19H19Cl2NO3. The first kappa shape index (κ1) is 17.9. The summed E-state index contributed by atoms with van der Waals surface area (Å²) < 4.78 is 10.7. The number of ether oxygens (including phenoxy) is 2. The van der Waals surface area contributed by atoms with Crippen LogP contribution in [-0.4, -0.2) is 31.1 Å². The van der Waals surface area contributed by atoms with Crippen molar-refractivity contribution in [2.45, 2.75) is 25.4 Å². The molecule has 0 radical (unpaired) electrons. The van der Waals surface area contributed by atoms with Gasteiger partial charge in [-0.15, -0.1) is 0 Å². The molecule has 0 heterocycles. The van der Waals surface area contributed by atoms with E-state index in [1.165, 1.54) is 0 Å². The third-order valence-electron chi connectivity index (χ3n) is 4.24. The molecule has 1 aliphatic carbocycles. The van der Waals surface area contributed by atoms with E-state index in [1.54, 1.807) is 32.4 Å². The number of hydrogen-bond acceptors (Lipinski definition) is 3. The maximum absolute atomic E-state index is 13.1. The number of methoxy groups -OCH3 is 2. The number of benzene rings is 2. The second-order valence-corrected chi connectivity index (χ2v) is 6.81. The highest BCUT2D eigenvalue weighted by molar-refractivity contribution is 6.35. The quantitative estimate of drug-likeness (QED) is 0.722. The number of rotatable bonds is 6. The Hall–Kier alpha value is -1.91. The lowest BCUT2D eigenvalue weighted by Crippen LogP contribution is -2.33. The average molecular weight is 380 g/mol. The van der Waals surface area contributed by atoms with Gasteiger partial charge < -0.3 is 14.4 Å². The van der Waals surface area contributed by atoms with E-state index in [4.69, 9.17) is 32.7 Å². The molecular weight excluding hydrogens is 361 g/mol. The molecule has 0 unspecified atom stereocenters. The number of nitrogens with zero attached hydrogens (tertiary/aromatic N) is 1. The van der Waals surface area contributed by atoms with Crippen molar-refractivity contribution in [2.75, 3.05) is 14.2 Å². The molecule has 0 aromatic heterocycles. The Balaban J connectivity index is 1.92. The first-order valence-corrected chi connectivity index (χ1v) is 8.76. The summed E-state index contributed by atoms with van der Waals surface area (Å²) in [5.74, 6) is 1.32. The standard InChI is InChI=1S/C19H19Cl2NO3/c1-24-15-6-8-18(25-2)12(9-15)11-22(14-4-5-14)19(23)16-10-13(20)3-7-17(16)21/h3,6-10,14H,4-5,11H2,1-2H3. The van der Waals surface area contributed by atoms with Crippen LogP contribution in [-0.2, 0) is 6.54 Å². The number of hydrogen-bond donors (Lipinski definition) is 0. The minimum absolute atomic E-state index is 0.125. The van der Waals surface area contributed by atoms with Gasteiger partial charge in [0.2, 0.25) is 0 Å². The smallest absolute Gasteiger partial charge is 0.255 e. The molecule has 1 saturated carbocycles. The van der Waals surface area contributed by atoms with E-state index in [0.717, 1.165) is 29.9 Å². The zero-order valence-corrected chi connectivity index (χ0v) is 15.6.